The van der Waals surface area contributed by atoms with Crippen LogP contribution in [0.3, 0.4) is 0 Å². The SMILES string of the molecule is CSCC(C1C=Cc2ccccc21)(C1C=Cc2ccccc21)C(N)(C=O)C(=O)O. The molecule has 0 aromatic heterocycles. The second-order valence-electron chi connectivity index (χ2n) is 7.70. The lowest BCUT2D eigenvalue weighted by molar-refractivity contribution is -0.151. The predicted octanol–water partition coefficient (Wildman–Crippen LogP) is 3.94. The van der Waals surface area contributed by atoms with E-state index in [0.29, 0.717) is 12.0 Å². The normalized spacial score (nSPS) is 23.1. The minimum absolute atomic E-state index is 0.307. The molecule has 3 unspecified atom stereocenters. The van der Waals surface area contributed by atoms with Crippen LogP contribution in [0.5, 0.6) is 0 Å². The summed E-state index contributed by atoms with van der Waals surface area (Å²) in [6.45, 7) is 0. The summed E-state index contributed by atoms with van der Waals surface area (Å²) >= 11 is 1.52. The minimum Gasteiger partial charge on any atom is -0.480 e. The first kappa shape index (κ1) is 19.7. The summed E-state index contributed by atoms with van der Waals surface area (Å²) in [7, 11) is 0. The summed E-state index contributed by atoms with van der Waals surface area (Å²) in [5.41, 5.74) is 7.49. The third kappa shape index (κ3) is 2.72. The zero-order valence-corrected chi connectivity index (χ0v) is 16.9. The lowest BCUT2D eigenvalue weighted by Gasteiger charge is -2.50. The van der Waals surface area contributed by atoms with E-state index in [0.717, 1.165) is 22.3 Å². The molecule has 3 atom stereocenters. The Kier molecular flexibility index (Phi) is 4.97. The van der Waals surface area contributed by atoms with Gasteiger partial charge in [0.1, 0.15) is 0 Å². The van der Waals surface area contributed by atoms with Gasteiger partial charge in [0.25, 0.3) is 0 Å². The Morgan fingerprint density at radius 2 is 1.52 bits per heavy atom. The van der Waals surface area contributed by atoms with Crippen molar-refractivity contribution in [2.45, 2.75) is 17.4 Å². The monoisotopic (exact) mass is 405 g/mol. The van der Waals surface area contributed by atoms with Gasteiger partial charge in [0.15, 0.2) is 11.8 Å². The van der Waals surface area contributed by atoms with Crippen LogP contribution >= 0.6 is 11.8 Å². The Hall–Kier alpha value is -2.63. The highest BCUT2D eigenvalue weighted by molar-refractivity contribution is 7.98. The van der Waals surface area contributed by atoms with Crippen molar-refractivity contribution in [3.05, 3.63) is 82.9 Å². The van der Waals surface area contributed by atoms with Crippen LogP contribution in [0, 0.1) is 5.41 Å². The Labute approximate surface area is 174 Å². The molecule has 0 spiro atoms. The van der Waals surface area contributed by atoms with Crippen LogP contribution in [0.15, 0.2) is 60.7 Å². The zero-order chi connectivity index (χ0) is 20.6. The Morgan fingerprint density at radius 1 is 1.03 bits per heavy atom. The number of allylic oxidation sites excluding steroid dienone is 2. The quantitative estimate of drug-likeness (QED) is 0.539. The number of carboxylic acids is 1. The molecule has 2 aliphatic carbocycles. The molecule has 0 saturated carbocycles. The Morgan fingerprint density at radius 3 is 1.93 bits per heavy atom. The van der Waals surface area contributed by atoms with Crippen molar-refractivity contribution in [1.29, 1.82) is 0 Å². The molecule has 4 rings (SSSR count). The van der Waals surface area contributed by atoms with Gasteiger partial charge in [-0.2, -0.15) is 11.8 Å². The summed E-state index contributed by atoms with van der Waals surface area (Å²) in [6, 6.07) is 15.8. The van der Waals surface area contributed by atoms with Crippen molar-refractivity contribution in [1.82, 2.24) is 0 Å². The number of carboxylic acid groups (broad SMARTS) is 1. The maximum Gasteiger partial charge on any atom is 0.331 e. The lowest BCUT2D eigenvalue weighted by Crippen LogP contribution is -2.67. The molecule has 148 valence electrons. The number of thioether (sulfide) groups is 1. The third-order valence-electron chi connectivity index (χ3n) is 6.40. The van der Waals surface area contributed by atoms with Gasteiger partial charge in [-0.25, -0.2) is 4.79 Å². The summed E-state index contributed by atoms with van der Waals surface area (Å²) < 4.78 is 0. The first-order valence-electron chi connectivity index (χ1n) is 9.51. The first-order chi connectivity index (χ1) is 14.0. The molecule has 0 saturated heterocycles. The van der Waals surface area contributed by atoms with Crippen LogP contribution in [0.2, 0.25) is 0 Å². The molecule has 0 heterocycles. The van der Waals surface area contributed by atoms with Gasteiger partial charge < -0.3 is 15.6 Å². The van der Waals surface area contributed by atoms with E-state index < -0.39 is 16.9 Å². The Balaban J connectivity index is 2.02. The van der Waals surface area contributed by atoms with Gasteiger partial charge in [0.05, 0.1) is 0 Å². The van der Waals surface area contributed by atoms with Gasteiger partial charge in [-0.15, -0.1) is 0 Å². The van der Waals surface area contributed by atoms with Gasteiger partial charge in [0, 0.05) is 23.0 Å². The molecular formula is C24H23NO3S. The minimum atomic E-state index is -2.06. The fourth-order valence-corrected chi connectivity index (χ4v) is 6.08. The topological polar surface area (TPSA) is 80.4 Å². The number of aliphatic carboxylic acids is 1. The number of nitrogens with two attached hydrogens (primary N) is 1. The highest BCUT2D eigenvalue weighted by Gasteiger charge is 2.63. The number of carbonyl (C=O) groups excluding carboxylic acids is 1. The van der Waals surface area contributed by atoms with Crippen molar-refractivity contribution in [2.24, 2.45) is 11.1 Å². The fourth-order valence-electron chi connectivity index (χ4n) is 5.00. The molecule has 0 fully saturated rings. The van der Waals surface area contributed by atoms with E-state index in [-0.39, 0.29) is 11.8 Å². The molecule has 4 nitrogen and oxygen atoms in total. The van der Waals surface area contributed by atoms with Gasteiger partial charge in [-0.1, -0.05) is 72.8 Å². The van der Waals surface area contributed by atoms with Gasteiger partial charge in [0.2, 0.25) is 0 Å². The molecule has 0 aliphatic heterocycles. The molecule has 2 aliphatic rings. The van der Waals surface area contributed by atoms with E-state index in [1.165, 1.54) is 11.8 Å². The van der Waals surface area contributed by atoms with E-state index in [1.54, 1.807) is 0 Å². The van der Waals surface area contributed by atoms with E-state index >= 15 is 0 Å². The highest BCUT2D eigenvalue weighted by atomic mass is 32.2. The van der Waals surface area contributed by atoms with Crippen LogP contribution in [0.1, 0.15) is 34.1 Å². The molecule has 0 radical (unpaired) electrons. The summed E-state index contributed by atoms with van der Waals surface area (Å²) in [5, 5.41) is 10.2. The average molecular weight is 406 g/mol. The van der Waals surface area contributed by atoms with Crippen molar-refractivity contribution in [3.8, 4) is 0 Å². The number of hydrogen-bond acceptors (Lipinski definition) is 4. The van der Waals surface area contributed by atoms with Crippen molar-refractivity contribution in [2.75, 3.05) is 12.0 Å². The van der Waals surface area contributed by atoms with Crippen LogP contribution in [0.4, 0.5) is 0 Å². The second-order valence-corrected chi connectivity index (χ2v) is 8.56. The predicted molar refractivity (Wildman–Crippen MR) is 118 cm³/mol. The van der Waals surface area contributed by atoms with E-state index in [2.05, 4.69) is 0 Å². The molecule has 29 heavy (non-hydrogen) atoms. The average Bonchev–Trinajstić information content (AvgIpc) is 3.36. The van der Waals surface area contributed by atoms with Crippen LogP contribution in [-0.2, 0) is 9.59 Å². The highest BCUT2D eigenvalue weighted by Crippen LogP contribution is 2.59. The number of rotatable bonds is 7. The summed E-state index contributed by atoms with van der Waals surface area (Å²) in [6.07, 6.45) is 10.4. The summed E-state index contributed by atoms with van der Waals surface area (Å²) in [4.78, 5) is 24.9. The smallest absolute Gasteiger partial charge is 0.331 e. The molecule has 5 heteroatoms. The molecule has 2 aromatic rings. The zero-order valence-electron chi connectivity index (χ0n) is 16.1. The van der Waals surface area contributed by atoms with Crippen molar-refractivity contribution >= 4 is 36.2 Å². The lowest BCUT2D eigenvalue weighted by atomic mass is 9.55. The largest absolute Gasteiger partial charge is 0.480 e. The Bertz CT molecular complexity index is 967. The van der Waals surface area contributed by atoms with E-state index in [1.807, 2.05) is 79.1 Å². The van der Waals surface area contributed by atoms with Crippen LogP contribution in [0.25, 0.3) is 12.2 Å². The third-order valence-corrected chi connectivity index (χ3v) is 7.17. The number of carbonyl (C=O) groups is 2. The van der Waals surface area contributed by atoms with Crippen LogP contribution < -0.4 is 5.73 Å². The second kappa shape index (κ2) is 7.32. The first-order valence-corrected chi connectivity index (χ1v) is 10.9. The van der Waals surface area contributed by atoms with E-state index in [4.69, 9.17) is 5.73 Å². The summed E-state index contributed by atoms with van der Waals surface area (Å²) in [5.74, 6) is -1.49. The molecule has 0 amide bonds. The van der Waals surface area contributed by atoms with Gasteiger partial charge >= 0.3 is 5.97 Å². The fraction of sp³-hybridized carbons (Fsp3) is 0.250. The molecular weight excluding hydrogens is 382 g/mol. The molecule has 0 bridgehead atoms. The number of benzene rings is 2. The van der Waals surface area contributed by atoms with Crippen molar-refractivity contribution in [3.63, 3.8) is 0 Å². The number of aldehydes is 1. The maximum absolute atomic E-state index is 12.5. The standard InChI is InChI=1S/C24H23NO3S/c1-29-15-23(24(25,14-26)22(27)28,20-12-10-16-6-2-4-8-18(16)20)21-13-11-17-7-3-5-9-19(17)21/h2-14,20-21H,15,25H2,1H3,(H,27,28). The van der Waals surface area contributed by atoms with E-state index in [9.17, 15) is 14.7 Å². The van der Waals surface area contributed by atoms with Crippen LogP contribution in [-0.4, -0.2) is 34.9 Å². The van der Waals surface area contributed by atoms with Crippen molar-refractivity contribution < 1.29 is 14.7 Å². The number of hydrogen-bond donors (Lipinski definition) is 2. The molecule has 2 aromatic carbocycles. The molecule has 3 N–H and O–H groups in total. The van der Waals surface area contributed by atoms with Gasteiger partial charge in [-0.05, 0) is 28.5 Å². The maximum atomic E-state index is 12.5. The van der Waals surface area contributed by atoms with Gasteiger partial charge in [-0.3, -0.25) is 0 Å². The number of fused-ring (bicyclic) bond motifs is 2.